The Balaban J connectivity index is 0.000000343. The second-order valence-electron chi connectivity index (χ2n) is 6.97. The number of aromatic nitrogens is 1. The number of carbonyl (C=O) groups is 3. The van der Waals surface area contributed by atoms with Crippen LogP contribution in [-0.4, -0.2) is 78.4 Å². The Labute approximate surface area is 208 Å². The number of nitrogens with zero attached hydrogens (tertiary/aromatic N) is 4. The van der Waals surface area contributed by atoms with Crippen molar-refractivity contribution >= 4 is 50.9 Å². The van der Waals surface area contributed by atoms with Crippen molar-refractivity contribution in [3.63, 3.8) is 0 Å². The molecule has 0 radical (unpaired) electrons. The summed E-state index contributed by atoms with van der Waals surface area (Å²) in [6.45, 7) is 2.00. The van der Waals surface area contributed by atoms with Gasteiger partial charge in [0.25, 0.3) is 0 Å². The maximum Gasteiger partial charge on any atom is 0.337 e. The van der Waals surface area contributed by atoms with E-state index in [4.69, 9.17) is 4.74 Å². The highest BCUT2D eigenvalue weighted by atomic mass is 79.9. The molecular weight excluding hydrogens is 531 g/mol. The van der Waals surface area contributed by atoms with Crippen molar-refractivity contribution in [2.45, 2.75) is 6.92 Å². The quantitative estimate of drug-likeness (QED) is 0.525. The van der Waals surface area contributed by atoms with E-state index < -0.39 is 11.9 Å². The van der Waals surface area contributed by atoms with Gasteiger partial charge in [-0.15, -0.1) is 11.3 Å². The van der Waals surface area contributed by atoms with E-state index in [0.29, 0.717) is 22.1 Å². The van der Waals surface area contributed by atoms with Gasteiger partial charge in [0.05, 0.1) is 38.1 Å². The summed E-state index contributed by atoms with van der Waals surface area (Å²) in [7, 11) is 1.26. The fourth-order valence-electron chi connectivity index (χ4n) is 3.22. The highest BCUT2D eigenvalue weighted by Gasteiger charge is 2.38. The lowest BCUT2D eigenvalue weighted by atomic mass is 10.1. The summed E-state index contributed by atoms with van der Waals surface area (Å²) >= 11 is 4.52. The zero-order valence-corrected chi connectivity index (χ0v) is 20.9. The Kier molecular flexibility index (Phi) is 8.88. The first-order valence-electron chi connectivity index (χ1n) is 10.2. The Morgan fingerprint density at radius 1 is 1.29 bits per heavy atom. The molecule has 12 heteroatoms. The van der Waals surface area contributed by atoms with Crippen molar-refractivity contribution < 1.29 is 28.2 Å². The number of ether oxygens (including phenoxy) is 2. The van der Waals surface area contributed by atoms with E-state index in [1.807, 2.05) is 5.38 Å². The first kappa shape index (κ1) is 25.5. The predicted octanol–water partition coefficient (Wildman–Crippen LogP) is 2.63. The number of hydrogen-bond acceptors (Lipinski definition) is 9. The number of esters is 2. The number of hydrogen-bond donors (Lipinski definition) is 0. The molecule has 0 bridgehead atoms. The third kappa shape index (κ3) is 6.26. The number of amidine groups is 1. The summed E-state index contributed by atoms with van der Waals surface area (Å²) in [6, 6.07) is 6.26. The van der Waals surface area contributed by atoms with Gasteiger partial charge in [-0.05, 0) is 25.1 Å². The highest BCUT2D eigenvalue weighted by molar-refractivity contribution is 9.10. The number of halogens is 2. The van der Waals surface area contributed by atoms with Gasteiger partial charge in [0.1, 0.15) is 18.9 Å². The number of aliphatic imine (C=N–C) groups is 1. The highest BCUT2D eigenvalue weighted by Crippen LogP contribution is 2.27. The summed E-state index contributed by atoms with van der Waals surface area (Å²) in [4.78, 5) is 48.1. The molecule has 0 N–H and O–H groups in total. The van der Waals surface area contributed by atoms with Gasteiger partial charge >= 0.3 is 11.9 Å². The van der Waals surface area contributed by atoms with E-state index in [0.717, 1.165) is 4.47 Å². The zero-order chi connectivity index (χ0) is 24.7. The number of piperazine rings is 1. The molecule has 1 aromatic heterocycles. The Hall–Kier alpha value is -3.12. The van der Waals surface area contributed by atoms with Crippen LogP contribution in [0.4, 0.5) is 4.39 Å². The monoisotopic (exact) mass is 552 g/mol. The van der Waals surface area contributed by atoms with Crippen molar-refractivity contribution in [1.29, 1.82) is 0 Å². The standard InChI is InChI=1S/C16H18N4O5S.C6H4BrF/c1-3-25-16(23)10-6-18-14(15-17-4-5-26-15)20-8-12(21)19(7-11(10)20)9-13(22)24-2;7-5-2-1-3-6(8)4-5/h4-5H,3,6-9H2,1-2H3;1-4H. The molecule has 0 spiro atoms. The van der Waals surface area contributed by atoms with Crippen LogP contribution in [0.3, 0.4) is 0 Å². The lowest BCUT2D eigenvalue weighted by Crippen LogP contribution is -2.54. The summed E-state index contributed by atoms with van der Waals surface area (Å²) in [6.07, 6.45) is 1.65. The molecule has 1 aromatic carbocycles. The van der Waals surface area contributed by atoms with Crippen LogP contribution in [0.15, 0.2) is 56.6 Å². The van der Waals surface area contributed by atoms with Gasteiger partial charge in [-0.3, -0.25) is 14.6 Å². The molecule has 1 fully saturated rings. The van der Waals surface area contributed by atoms with Gasteiger partial charge in [0.2, 0.25) is 5.91 Å². The van der Waals surface area contributed by atoms with Gasteiger partial charge in [0.15, 0.2) is 10.8 Å². The van der Waals surface area contributed by atoms with Gasteiger partial charge in [-0.25, -0.2) is 14.2 Å². The molecule has 2 aliphatic rings. The van der Waals surface area contributed by atoms with Crippen molar-refractivity contribution in [3.05, 3.63) is 62.4 Å². The molecule has 2 aromatic rings. The Morgan fingerprint density at radius 2 is 2.09 bits per heavy atom. The number of methoxy groups -OCH3 is 1. The number of thiazole rings is 1. The second-order valence-corrected chi connectivity index (χ2v) is 8.79. The van der Waals surface area contributed by atoms with Crippen LogP contribution in [0.2, 0.25) is 0 Å². The average Bonchev–Trinajstić information content (AvgIpc) is 3.34. The zero-order valence-electron chi connectivity index (χ0n) is 18.5. The molecule has 0 saturated carbocycles. The van der Waals surface area contributed by atoms with Crippen LogP contribution in [0.25, 0.3) is 0 Å². The fourth-order valence-corrected chi connectivity index (χ4v) is 4.24. The minimum Gasteiger partial charge on any atom is -0.468 e. The second kappa shape index (κ2) is 11.8. The molecular formula is C22H22BrFN4O5S. The van der Waals surface area contributed by atoms with Crippen LogP contribution < -0.4 is 0 Å². The molecule has 0 unspecified atom stereocenters. The van der Waals surface area contributed by atoms with Gasteiger partial charge < -0.3 is 19.3 Å². The van der Waals surface area contributed by atoms with Crippen LogP contribution in [-0.2, 0) is 23.9 Å². The van der Waals surface area contributed by atoms with Gasteiger partial charge in [0, 0.05) is 16.0 Å². The van der Waals surface area contributed by atoms with Crippen LogP contribution in [0.5, 0.6) is 0 Å². The molecule has 0 aliphatic carbocycles. The number of rotatable bonds is 5. The summed E-state index contributed by atoms with van der Waals surface area (Å²) < 4.78 is 22.7. The van der Waals surface area contributed by atoms with E-state index in [9.17, 15) is 18.8 Å². The molecule has 9 nitrogen and oxygen atoms in total. The van der Waals surface area contributed by atoms with Gasteiger partial charge in [-0.2, -0.15) is 0 Å². The van der Waals surface area contributed by atoms with Crippen molar-refractivity contribution in [2.75, 3.05) is 39.9 Å². The molecule has 1 saturated heterocycles. The number of amides is 1. The van der Waals surface area contributed by atoms with E-state index >= 15 is 0 Å². The molecule has 1 amide bonds. The van der Waals surface area contributed by atoms with Crippen LogP contribution in [0, 0.1) is 5.82 Å². The maximum atomic E-state index is 12.5. The lowest BCUT2D eigenvalue weighted by Gasteiger charge is -2.39. The average molecular weight is 553 g/mol. The smallest absolute Gasteiger partial charge is 0.337 e. The van der Waals surface area contributed by atoms with E-state index in [1.54, 1.807) is 30.2 Å². The molecule has 2 aliphatic heterocycles. The fraction of sp³-hybridized carbons (Fsp3) is 0.318. The first-order valence-corrected chi connectivity index (χ1v) is 11.9. The number of fused-ring (bicyclic) bond motifs is 1. The summed E-state index contributed by atoms with van der Waals surface area (Å²) in [5.41, 5.74) is 0.988. The largest absolute Gasteiger partial charge is 0.468 e. The maximum absolute atomic E-state index is 12.5. The van der Waals surface area contributed by atoms with Crippen LogP contribution >= 0.6 is 27.3 Å². The summed E-state index contributed by atoms with van der Waals surface area (Å²) in [5.74, 6) is -0.904. The topological polar surface area (TPSA) is 101 Å². The molecule has 0 atom stereocenters. The molecule has 3 heterocycles. The number of benzene rings is 1. The third-order valence-corrected chi connectivity index (χ3v) is 6.05. The predicted molar refractivity (Wildman–Crippen MR) is 127 cm³/mol. The van der Waals surface area contributed by atoms with E-state index in [1.165, 1.54) is 35.5 Å². The van der Waals surface area contributed by atoms with Crippen molar-refractivity contribution in [3.8, 4) is 0 Å². The Morgan fingerprint density at radius 3 is 2.68 bits per heavy atom. The minimum atomic E-state index is -0.519. The minimum absolute atomic E-state index is 0.0341. The van der Waals surface area contributed by atoms with Gasteiger partial charge in [-0.1, -0.05) is 22.0 Å². The molecule has 34 heavy (non-hydrogen) atoms. The number of carbonyl (C=O) groups excluding carboxylic acids is 3. The molecule has 4 rings (SSSR count). The van der Waals surface area contributed by atoms with E-state index in [-0.39, 0.29) is 44.5 Å². The SMILES string of the molecule is CCOC(=O)C1=C2CN(CC(=O)OC)C(=O)CN2C(c2nccs2)=NC1.Fc1cccc(Br)c1. The lowest BCUT2D eigenvalue weighted by molar-refractivity contribution is -0.147. The first-order chi connectivity index (χ1) is 16.3. The van der Waals surface area contributed by atoms with Crippen LogP contribution in [0.1, 0.15) is 11.9 Å². The normalized spacial score (nSPS) is 15.2. The summed E-state index contributed by atoms with van der Waals surface area (Å²) in [5, 5.41) is 2.48. The molecule has 180 valence electrons. The Bertz CT molecular complexity index is 1110. The van der Waals surface area contributed by atoms with E-state index in [2.05, 4.69) is 30.6 Å². The third-order valence-electron chi connectivity index (χ3n) is 4.78. The van der Waals surface area contributed by atoms with Crippen molar-refractivity contribution in [1.82, 2.24) is 14.8 Å². The van der Waals surface area contributed by atoms with Crippen molar-refractivity contribution in [2.24, 2.45) is 4.99 Å².